The fourth-order valence-corrected chi connectivity index (χ4v) is 6.42. The maximum Gasteiger partial charge on any atom is 0.147 e. The van der Waals surface area contributed by atoms with E-state index in [4.69, 9.17) is 28.4 Å². The van der Waals surface area contributed by atoms with E-state index in [0.717, 1.165) is 0 Å². The molecule has 6 heteroatoms. The molecule has 0 bridgehead atoms. The van der Waals surface area contributed by atoms with Crippen LogP contribution in [-0.4, -0.2) is 69.8 Å². The number of hydrogen-bond donors (Lipinski definition) is 0. The molecule has 0 aromatic carbocycles. The molecule has 4 rings (SSSR count). The molecule has 0 radical (unpaired) electrons. The van der Waals surface area contributed by atoms with Crippen LogP contribution in [0.4, 0.5) is 0 Å². The summed E-state index contributed by atoms with van der Waals surface area (Å²) in [4.78, 5) is 0. The molecule has 0 aromatic rings. The number of rotatable bonds is 16. The average molecular weight is 525 g/mol. The highest BCUT2D eigenvalue weighted by molar-refractivity contribution is 4.71. The summed E-state index contributed by atoms with van der Waals surface area (Å²) in [5, 5.41) is 0. The Morgan fingerprint density at radius 2 is 0.595 bits per heavy atom. The molecule has 37 heavy (non-hydrogen) atoms. The summed E-state index contributed by atoms with van der Waals surface area (Å²) in [6, 6.07) is 0. The van der Waals surface area contributed by atoms with Crippen molar-refractivity contribution in [2.24, 2.45) is 0 Å². The van der Waals surface area contributed by atoms with Gasteiger partial charge in [-0.2, -0.15) is 0 Å². The molecule has 0 spiro atoms. The first-order valence-corrected chi connectivity index (χ1v) is 16.0. The lowest BCUT2D eigenvalue weighted by atomic mass is 9.98. The van der Waals surface area contributed by atoms with Crippen LogP contribution in [0.15, 0.2) is 0 Å². The number of hydrogen-bond acceptors (Lipinski definition) is 6. The molecular formula is C31H56O6. The molecular weight excluding hydrogens is 468 g/mol. The molecule has 0 amide bonds. The average Bonchev–Trinajstić information content (AvgIpc) is 2.97. The zero-order chi connectivity index (χ0) is 25.4. The second-order valence-electron chi connectivity index (χ2n) is 12.1. The van der Waals surface area contributed by atoms with Gasteiger partial charge in [0, 0.05) is 0 Å². The minimum absolute atomic E-state index is 0.0944. The van der Waals surface area contributed by atoms with E-state index >= 15 is 0 Å². The minimum Gasteiger partial charge on any atom is -0.375 e. The van der Waals surface area contributed by atoms with Crippen molar-refractivity contribution >= 4 is 0 Å². The van der Waals surface area contributed by atoms with Crippen molar-refractivity contribution in [1.29, 1.82) is 0 Å². The molecule has 0 saturated heterocycles. The third kappa shape index (κ3) is 12.2. The summed E-state index contributed by atoms with van der Waals surface area (Å²) < 4.78 is 37.7. The topological polar surface area (TPSA) is 55.4 Å². The molecule has 4 aliphatic rings. The van der Waals surface area contributed by atoms with E-state index in [2.05, 4.69) is 0 Å². The standard InChI is InChI=1S/C31H56O6/c1-5-13-26(14-6-1)32-21-30(22-33-27-15-7-2-8-16-27)36-25-37-31(23-34-28-17-9-3-10-18-28)24-35-29-19-11-4-12-20-29/h26-31H,1-25H2. The van der Waals surface area contributed by atoms with Gasteiger partial charge in [-0.1, -0.05) is 77.0 Å². The second-order valence-corrected chi connectivity index (χ2v) is 12.1. The summed E-state index contributed by atoms with van der Waals surface area (Å²) in [7, 11) is 0. The van der Waals surface area contributed by atoms with Gasteiger partial charge in [-0.3, -0.25) is 0 Å². The fraction of sp³-hybridized carbons (Fsp3) is 1.00. The predicted molar refractivity (Wildman–Crippen MR) is 146 cm³/mol. The highest BCUT2D eigenvalue weighted by Gasteiger charge is 2.23. The first kappa shape index (κ1) is 29.7. The Kier molecular flexibility index (Phi) is 14.6. The molecule has 4 fully saturated rings. The molecule has 0 aliphatic heterocycles. The Morgan fingerprint density at radius 1 is 0.351 bits per heavy atom. The van der Waals surface area contributed by atoms with Crippen LogP contribution in [0.25, 0.3) is 0 Å². The summed E-state index contributed by atoms with van der Waals surface area (Å²) in [5.41, 5.74) is 0. The predicted octanol–water partition coefficient (Wildman–Crippen LogP) is 7.11. The molecule has 0 unspecified atom stereocenters. The highest BCUT2D eigenvalue weighted by atomic mass is 16.7. The van der Waals surface area contributed by atoms with E-state index < -0.39 is 0 Å². The van der Waals surface area contributed by atoms with Crippen LogP contribution in [0, 0.1) is 0 Å². The molecule has 6 nitrogen and oxygen atoms in total. The Labute approximate surface area is 226 Å². The van der Waals surface area contributed by atoms with Crippen LogP contribution in [0.2, 0.25) is 0 Å². The summed E-state index contributed by atoms with van der Waals surface area (Å²) >= 11 is 0. The van der Waals surface area contributed by atoms with Gasteiger partial charge in [0.05, 0.1) is 50.8 Å². The summed E-state index contributed by atoms with van der Waals surface area (Å²) in [6.07, 6.45) is 26.3. The van der Waals surface area contributed by atoms with Gasteiger partial charge in [0.2, 0.25) is 0 Å². The summed E-state index contributed by atoms with van der Waals surface area (Å²) in [5.74, 6) is 0. The summed E-state index contributed by atoms with van der Waals surface area (Å²) in [6.45, 7) is 2.58. The lowest BCUT2D eigenvalue weighted by molar-refractivity contribution is -0.184. The Balaban J connectivity index is 1.22. The minimum atomic E-state index is -0.0944. The Hall–Kier alpha value is -0.240. The molecule has 0 heterocycles. The number of ether oxygens (including phenoxy) is 6. The van der Waals surface area contributed by atoms with Crippen LogP contribution in [0.5, 0.6) is 0 Å². The lowest BCUT2D eigenvalue weighted by Crippen LogP contribution is -2.35. The van der Waals surface area contributed by atoms with Crippen LogP contribution in [-0.2, 0) is 28.4 Å². The monoisotopic (exact) mass is 524 g/mol. The Morgan fingerprint density at radius 3 is 0.838 bits per heavy atom. The lowest BCUT2D eigenvalue weighted by Gasteiger charge is -2.29. The molecule has 0 aromatic heterocycles. The van der Waals surface area contributed by atoms with Gasteiger partial charge in [-0.05, 0) is 51.4 Å². The van der Waals surface area contributed by atoms with Gasteiger partial charge in [-0.15, -0.1) is 0 Å². The van der Waals surface area contributed by atoms with Crippen LogP contribution in [0.1, 0.15) is 128 Å². The van der Waals surface area contributed by atoms with Gasteiger partial charge in [0.1, 0.15) is 19.0 Å². The van der Waals surface area contributed by atoms with E-state index in [0.29, 0.717) is 50.8 Å². The fourth-order valence-electron chi connectivity index (χ4n) is 6.42. The van der Waals surface area contributed by atoms with Crippen molar-refractivity contribution in [2.75, 3.05) is 33.2 Å². The second kappa shape index (κ2) is 18.2. The van der Waals surface area contributed by atoms with Gasteiger partial charge in [0.15, 0.2) is 0 Å². The van der Waals surface area contributed by atoms with Crippen molar-refractivity contribution in [3.05, 3.63) is 0 Å². The molecule has 0 N–H and O–H groups in total. The zero-order valence-corrected chi connectivity index (χ0v) is 23.6. The van der Waals surface area contributed by atoms with Gasteiger partial charge < -0.3 is 28.4 Å². The van der Waals surface area contributed by atoms with E-state index in [-0.39, 0.29) is 19.0 Å². The van der Waals surface area contributed by atoms with Crippen LogP contribution < -0.4 is 0 Å². The van der Waals surface area contributed by atoms with Crippen LogP contribution >= 0.6 is 0 Å². The maximum atomic E-state index is 6.29. The Bertz CT molecular complexity index is 458. The van der Waals surface area contributed by atoms with Crippen LogP contribution in [0.3, 0.4) is 0 Å². The van der Waals surface area contributed by atoms with Crippen molar-refractivity contribution < 1.29 is 28.4 Å². The largest absolute Gasteiger partial charge is 0.375 e. The first-order valence-electron chi connectivity index (χ1n) is 16.0. The van der Waals surface area contributed by atoms with Crippen molar-refractivity contribution in [2.45, 2.75) is 165 Å². The molecule has 4 aliphatic carbocycles. The van der Waals surface area contributed by atoms with Crippen molar-refractivity contribution in [3.8, 4) is 0 Å². The van der Waals surface area contributed by atoms with Crippen molar-refractivity contribution in [1.82, 2.24) is 0 Å². The van der Waals surface area contributed by atoms with E-state index in [1.807, 2.05) is 0 Å². The quantitative estimate of drug-likeness (QED) is 0.201. The van der Waals surface area contributed by atoms with E-state index in [9.17, 15) is 0 Å². The maximum absolute atomic E-state index is 6.29. The third-order valence-corrected chi connectivity index (χ3v) is 8.89. The van der Waals surface area contributed by atoms with E-state index in [1.165, 1.54) is 128 Å². The molecule has 216 valence electrons. The highest BCUT2D eigenvalue weighted by Crippen LogP contribution is 2.24. The smallest absolute Gasteiger partial charge is 0.147 e. The van der Waals surface area contributed by atoms with Gasteiger partial charge >= 0.3 is 0 Å². The van der Waals surface area contributed by atoms with Crippen molar-refractivity contribution in [3.63, 3.8) is 0 Å². The third-order valence-electron chi connectivity index (χ3n) is 8.89. The first-order chi connectivity index (χ1) is 18.3. The van der Waals surface area contributed by atoms with Gasteiger partial charge in [-0.25, -0.2) is 0 Å². The molecule has 4 saturated carbocycles. The molecule has 0 atom stereocenters. The van der Waals surface area contributed by atoms with E-state index in [1.54, 1.807) is 0 Å². The van der Waals surface area contributed by atoms with Gasteiger partial charge in [0.25, 0.3) is 0 Å². The zero-order valence-electron chi connectivity index (χ0n) is 23.6. The normalized spacial score (nSPS) is 23.8. The SMILES string of the molecule is C1CCC(OCC(COC2CCCCC2)OCOC(COC2CCCCC2)COC2CCCCC2)CC1.